The molecule has 0 aliphatic carbocycles. The van der Waals surface area contributed by atoms with Gasteiger partial charge in [-0.3, -0.25) is 4.79 Å². The van der Waals surface area contributed by atoms with Gasteiger partial charge in [-0.1, -0.05) is 54.6 Å². The SMILES string of the molecule is CC(Nc1nc(N)cc(-c2cccc(CC(N)C(=O)O)c2)n1)c1ccc2ccccc2c1. The molecule has 32 heavy (non-hydrogen) atoms. The molecule has 0 bridgehead atoms. The molecular weight excluding hydrogens is 402 g/mol. The van der Waals surface area contributed by atoms with Gasteiger partial charge in [0.15, 0.2) is 0 Å². The molecule has 162 valence electrons. The van der Waals surface area contributed by atoms with E-state index in [4.69, 9.17) is 16.6 Å². The summed E-state index contributed by atoms with van der Waals surface area (Å²) in [6.45, 7) is 2.05. The van der Waals surface area contributed by atoms with Crippen LogP contribution in [0.5, 0.6) is 0 Å². The predicted molar refractivity (Wildman–Crippen MR) is 127 cm³/mol. The third-order valence-electron chi connectivity index (χ3n) is 5.36. The molecule has 6 N–H and O–H groups in total. The van der Waals surface area contributed by atoms with E-state index in [1.165, 1.54) is 10.8 Å². The molecular formula is C25H25N5O2. The molecule has 0 aliphatic rings. The van der Waals surface area contributed by atoms with E-state index in [9.17, 15) is 4.79 Å². The number of carboxylic acids is 1. The second-order valence-corrected chi connectivity index (χ2v) is 7.82. The summed E-state index contributed by atoms with van der Waals surface area (Å²) >= 11 is 0. The molecule has 2 atom stereocenters. The molecule has 4 aromatic rings. The third kappa shape index (κ3) is 4.84. The van der Waals surface area contributed by atoms with Gasteiger partial charge in [-0.25, -0.2) is 4.98 Å². The second-order valence-electron chi connectivity index (χ2n) is 7.82. The molecule has 0 fully saturated rings. The number of nitrogens with two attached hydrogens (primary N) is 2. The quantitative estimate of drug-likeness (QED) is 0.351. The minimum atomic E-state index is -1.03. The van der Waals surface area contributed by atoms with Gasteiger partial charge in [-0.15, -0.1) is 0 Å². The van der Waals surface area contributed by atoms with Crippen LogP contribution in [0.1, 0.15) is 24.1 Å². The summed E-state index contributed by atoms with van der Waals surface area (Å²) in [4.78, 5) is 20.0. The fraction of sp³-hybridized carbons (Fsp3) is 0.160. The third-order valence-corrected chi connectivity index (χ3v) is 5.36. The van der Waals surface area contributed by atoms with Gasteiger partial charge < -0.3 is 21.9 Å². The normalized spacial score (nSPS) is 12.9. The van der Waals surface area contributed by atoms with Crippen molar-refractivity contribution in [2.24, 2.45) is 5.73 Å². The maximum absolute atomic E-state index is 11.1. The smallest absolute Gasteiger partial charge is 0.320 e. The van der Waals surface area contributed by atoms with Crippen LogP contribution in [0.3, 0.4) is 0 Å². The van der Waals surface area contributed by atoms with E-state index in [1.54, 1.807) is 6.07 Å². The summed E-state index contributed by atoms with van der Waals surface area (Å²) in [7, 11) is 0. The number of carbonyl (C=O) groups is 1. The highest BCUT2D eigenvalue weighted by Gasteiger charge is 2.14. The minimum absolute atomic E-state index is 0.0332. The van der Waals surface area contributed by atoms with Crippen molar-refractivity contribution >= 4 is 28.5 Å². The second kappa shape index (κ2) is 9.03. The van der Waals surface area contributed by atoms with E-state index >= 15 is 0 Å². The van der Waals surface area contributed by atoms with Gasteiger partial charge in [0.2, 0.25) is 5.95 Å². The van der Waals surface area contributed by atoms with Crippen LogP contribution >= 0.6 is 0 Å². The molecule has 0 saturated carbocycles. The van der Waals surface area contributed by atoms with Crippen molar-refractivity contribution in [2.45, 2.75) is 25.4 Å². The number of anilines is 2. The van der Waals surface area contributed by atoms with Crippen molar-refractivity contribution in [1.29, 1.82) is 0 Å². The number of aliphatic carboxylic acids is 1. The molecule has 1 heterocycles. The van der Waals surface area contributed by atoms with Crippen LogP contribution in [0.2, 0.25) is 0 Å². The first-order valence-corrected chi connectivity index (χ1v) is 10.4. The fourth-order valence-corrected chi connectivity index (χ4v) is 3.63. The number of nitrogen functional groups attached to an aromatic ring is 1. The van der Waals surface area contributed by atoms with E-state index < -0.39 is 12.0 Å². The maximum atomic E-state index is 11.1. The van der Waals surface area contributed by atoms with E-state index in [-0.39, 0.29) is 12.5 Å². The summed E-state index contributed by atoms with van der Waals surface area (Å²) in [5.41, 5.74) is 15.1. The lowest BCUT2D eigenvalue weighted by atomic mass is 10.0. The van der Waals surface area contributed by atoms with Crippen LogP contribution < -0.4 is 16.8 Å². The summed E-state index contributed by atoms with van der Waals surface area (Å²) in [6, 6.07) is 22.7. The van der Waals surface area contributed by atoms with E-state index in [2.05, 4.69) is 45.6 Å². The molecule has 0 amide bonds. The summed E-state index contributed by atoms with van der Waals surface area (Å²) in [5, 5.41) is 14.8. The predicted octanol–water partition coefficient (Wildman–Crippen LogP) is 4.01. The number of nitrogens with one attached hydrogen (secondary N) is 1. The number of nitrogens with zero attached hydrogens (tertiary/aromatic N) is 2. The standard InChI is InChI=1S/C25H25N5O2/c1-15(18-10-9-17-6-2-3-7-19(17)13-18)28-25-29-22(14-23(27)30-25)20-8-4-5-16(11-20)12-21(26)24(31)32/h2-11,13-15,21H,12,26H2,1H3,(H,31,32)(H3,27,28,29,30). The topological polar surface area (TPSA) is 127 Å². The highest BCUT2D eigenvalue weighted by molar-refractivity contribution is 5.83. The number of carboxylic acid groups (broad SMARTS) is 1. The van der Waals surface area contributed by atoms with Crippen LogP contribution in [0.15, 0.2) is 72.8 Å². The number of hydrogen-bond donors (Lipinski definition) is 4. The van der Waals surface area contributed by atoms with E-state index in [0.717, 1.165) is 16.7 Å². The van der Waals surface area contributed by atoms with Gasteiger partial charge in [0.1, 0.15) is 11.9 Å². The van der Waals surface area contributed by atoms with Gasteiger partial charge in [0.05, 0.1) is 11.7 Å². The molecule has 7 nitrogen and oxygen atoms in total. The monoisotopic (exact) mass is 427 g/mol. The first-order chi connectivity index (χ1) is 15.4. The lowest BCUT2D eigenvalue weighted by molar-refractivity contribution is -0.138. The Bertz CT molecular complexity index is 1270. The van der Waals surface area contributed by atoms with Crippen molar-refractivity contribution in [3.63, 3.8) is 0 Å². The van der Waals surface area contributed by atoms with Crippen molar-refractivity contribution in [2.75, 3.05) is 11.1 Å². The molecule has 0 saturated heterocycles. The van der Waals surface area contributed by atoms with Crippen LogP contribution in [0.25, 0.3) is 22.0 Å². The van der Waals surface area contributed by atoms with Gasteiger partial charge in [0.25, 0.3) is 0 Å². The Balaban J connectivity index is 1.58. The molecule has 7 heteroatoms. The largest absolute Gasteiger partial charge is 0.480 e. The zero-order valence-corrected chi connectivity index (χ0v) is 17.7. The van der Waals surface area contributed by atoms with Gasteiger partial charge in [-0.2, -0.15) is 4.98 Å². The van der Waals surface area contributed by atoms with Gasteiger partial charge in [-0.05, 0) is 47.4 Å². The summed E-state index contributed by atoms with van der Waals surface area (Å²) < 4.78 is 0. The Hall–Kier alpha value is -3.97. The summed E-state index contributed by atoms with van der Waals surface area (Å²) in [6.07, 6.45) is 0.230. The highest BCUT2D eigenvalue weighted by atomic mass is 16.4. The summed E-state index contributed by atoms with van der Waals surface area (Å²) in [5.74, 6) is -0.264. The van der Waals surface area contributed by atoms with Crippen molar-refractivity contribution in [1.82, 2.24) is 9.97 Å². The Morgan fingerprint density at radius 2 is 1.78 bits per heavy atom. The molecule has 2 unspecified atom stereocenters. The first-order valence-electron chi connectivity index (χ1n) is 10.4. The molecule has 3 aromatic carbocycles. The molecule has 4 rings (SSSR count). The highest BCUT2D eigenvalue weighted by Crippen LogP contribution is 2.25. The average Bonchev–Trinajstić information content (AvgIpc) is 2.78. The molecule has 1 aromatic heterocycles. The van der Waals surface area contributed by atoms with Crippen molar-refractivity contribution in [3.8, 4) is 11.3 Å². The van der Waals surface area contributed by atoms with Crippen molar-refractivity contribution in [3.05, 3.63) is 83.9 Å². The lowest BCUT2D eigenvalue weighted by Gasteiger charge is -2.16. The zero-order chi connectivity index (χ0) is 22.7. The first kappa shape index (κ1) is 21.3. The van der Waals surface area contributed by atoms with Crippen molar-refractivity contribution < 1.29 is 9.90 Å². The average molecular weight is 428 g/mol. The maximum Gasteiger partial charge on any atom is 0.320 e. The Labute approximate surface area is 186 Å². The van der Waals surface area contributed by atoms with Crippen LogP contribution in [-0.4, -0.2) is 27.1 Å². The minimum Gasteiger partial charge on any atom is -0.480 e. The van der Waals surface area contributed by atoms with Gasteiger partial charge in [0, 0.05) is 11.6 Å². The Morgan fingerprint density at radius 1 is 1.00 bits per heavy atom. The van der Waals surface area contributed by atoms with Gasteiger partial charge >= 0.3 is 5.97 Å². The van der Waals surface area contributed by atoms with Crippen LogP contribution in [0, 0.1) is 0 Å². The van der Waals surface area contributed by atoms with E-state index in [0.29, 0.717) is 17.5 Å². The Kier molecular flexibility index (Phi) is 6.00. The fourth-order valence-electron chi connectivity index (χ4n) is 3.63. The molecule has 0 radical (unpaired) electrons. The number of hydrogen-bond acceptors (Lipinski definition) is 6. The number of rotatable bonds is 7. The Morgan fingerprint density at radius 3 is 2.56 bits per heavy atom. The number of benzene rings is 3. The van der Waals surface area contributed by atoms with E-state index in [1.807, 2.05) is 43.3 Å². The number of fused-ring (bicyclic) bond motifs is 1. The molecule has 0 spiro atoms. The zero-order valence-electron chi connectivity index (χ0n) is 17.7. The molecule has 0 aliphatic heterocycles. The van der Waals surface area contributed by atoms with Crippen LogP contribution in [-0.2, 0) is 11.2 Å². The lowest BCUT2D eigenvalue weighted by Crippen LogP contribution is -2.32. The van der Waals surface area contributed by atoms with Crippen LogP contribution in [0.4, 0.5) is 11.8 Å². The number of aromatic nitrogens is 2.